The number of hydrogen-bond acceptors (Lipinski definition) is 3. The third-order valence-electron chi connectivity index (χ3n) is 2.65. The van der Waals surface area contributed by atoms with Crippen LogP contribution in [0.5, 0.6) is 0 Å². The number of carbonyl (C=O) groups excluding carboxylic acids is 1. The molecule has 16 heavy (non-hydrogen) atoms. The van der Waals surface area contributed by atoms with Crippen molar-refractivity contribution in [3.63, 3.8) is 0 Å². The van der Waals surface area contributed by atoms with E-state index in [2.05, 4.69) is 10.6 Å². The molecule has 2 unspecified atom stereocenters. The van der Waals surface area contributed by atoms with Crippen LogP contribution in [0.3, 0.4) is 0 Å². The van der Waals surface area contributed by atoms with E-state index in [0.29, 0.717) is 12.3 Å². The molecule has 5 heteroatoms. The molecule has 0 aromatic heterocycles. The predicted molar refractivity (Wildman–Crippen MR) is 66.8 cm³/mol. The number of nitrogens with one attached hydrogen (secondary N) is 2. The smallest absolute Gasteiger partial charge is 0.237 e. The molecule has 0 spiro atoms. The second kappa shape index (κ2) is 5.77. The molecule has 2 N–H and O–H groups in total. The van der Waals surface area contributed by atoms with E-state index in [9.17, 15) is 9.00 Å². The van der Waals surface area contributed by atoms with Gasteiger partial charge in [-0.05, 0) is 40.2 Å². The zero-order valence-electron chi connectivity index (χ0n) is 10.3. The Morgan fingerprint density at radius 1 is 1.50 bits per heavy atom. The fraction of sp³-hybridized carbons (Fsp3) is 0.909. The van der Waals surface area contributed by atoms with Crippen LogP contribution < -0.4 is 10.6 Å². The summed E-state index contributed by atoms with van der Waals surface area (Å²) in [6, 6.07) is -0.0388. The van der Waals surface area contributed by atoms with E-state index in [1.807, 2.05) is 20.8 Å². The van der Waals surface area contributed by atoms with Crippen molar-refractivity contribution < 1.29 is 9.00 Å². The van der Waals surface area contributed by atoms with Crippen LogP contribution in [0.25, 0.3) is 0 Å². The fourth-order valence-corrected chi connectivity index (χ4v) is 2.50. The van der Waals surface area contributed by atoms with E-state index in [1.165, 1.54) is 0 Å². The van der Waals surface area contributed by atoms with E-state index in [4.69, 9.17) is 0 Å². The second-order valence-corrected chi connectivity index (χ2v) is 7.43. The zero-order valence-corrected chi connectivity index (χ0v) is 11.2. The van der Waals surface area contributed by atoms with Gasteiger partial charge in [0.25, 0.3) is 0 Å². The molecule has 1 aliphatic rings. The van der Waals surface area contributed by atoms with Crippen molar-refractivity contribution in [2.45, 2.75) is 44.4 Å². The van der Waals surface area contributed by atoms with E-state index < -0.39 is 10.8 Å². The Bertz CT molecular complexity index is 268. The van der Waals surface area contributed by atoms with Gasteiger partial charge in [0.15, 0.2) is 0 Å². The number of amides is 1. The summed E-state index contributed by atoms with van der Waals surface area (Å²) in [6.07, 6.45) is 1.97. The summed E-state index contributed by atoms with van der Waals surface area (Å²) in [4.78, 5) is 11.6. The molecule has 0 radical (unpaired) electrons. The molecule has 1 fully saturated rings. The van der Waals surface area contributed by atoms with Crippen LogP contribution in [-0.2, 0) is 15.6 Å². The van der Waals surface area contributed by atoms with Gasteiger partial charge in [-0.3, -0.25) is 9.00 Å². The summed E-state index contributed by atoms with van der Waals surface area (Å²) in [5, 5.41) is 5.97. The average Bonchev–Trinajstić information content (AvgIpc) is 2.68. The van der Waals surface area contributed by atoms with Gasteiger partial charge < -0.3 is 10.6 Å². The van der Waals surface area contributed by atoms with E-state index in [1.54, 1.807) is 0 Å². The maximum absolute atomic E-state index is 11.7. The molecule has 4 nitrogen and oxygen atoms in total. The molecule has 1 amide bonds. The summed E-state index contributed by atoms with van der Waals surface area (Å²) < 4.78 is 11.5. The summed E-state index contributed by atoms with van der Waals surface area (Å²) in [5.41, 5.74) is 0. The van der Waals surface area contributed by atoms with Gasteiger partial charge in [0, 0.05) is 27.8 Å². The highest BCUT2D eigenvalue weighted by Gasteiger charge is 2.22. The average molecular weight is 246 g/mol. The summed E-state index contributed by atoms with van der Waals surface area (Å²) in [6.45, 7) is 7.27. The van der Waals surface area contributed by atoms with Crippen molar-refractivity contribution in [1.29, 1.82) is 0 Å². The first-order valence-electron chi connectivity index (χ1n) is 5.81. The Labute approximate surface area is 100 Å². The number of rotatable bonds is 4. The standard InChI is InChI=1S/C11H22N2O2S/c1-11(2,3)16(15)8-7-13-10(14)9-5-4-6-12-9/h9,12H,4-8H2,1-3H3,(H,13,14). The molecule has 2 atom stereocenters. The lowest BCUT2D eigenvalue weighted by atomic mass is 10.2. The van der Waals surface area contributed by atoms with Gasteiger partial charge in [-0.2, -0.15) is 0 Å². The van der Waals surface area contributed by atoms with Crippen molar-refractivity contribution >= 4 is 16.7 Å². The lowest BCUT2D eigenvalue weighted by Crippen LogP contribution is -2.42. The van der Waals surface area contributed by atoms with Gasteiger partial charge in [-0.15, -0.1) is 0 Å². The third-order valence-corrected chi connectivity index (χ3v) is 4.59. The van der Waals surface area contributed by atoms with Gasteiger partial charge in [0.05, 0.1) is 6.04 Å². The van der Waals surface area contributed by atoms with Crippen LogP contribution in [0.1, 0.15) is 33.6 Å². The highest BCUT2D eigenvalue weighted by Crippen LogP contribution is 2.10. The van der Waals surface area contributed by atoms with Gasteiger partial charge in [0.2, 0.25) is 5.91 Å². The van der Waals surface area contributed by atoms with Crippen LogP contribution in [0, 0.1) is 0 Å². The summed E-state index contributed by atoms with van der Waals surface area (Å²) in [7, 11) is -0.890. The van der Waals surface area contributed by atoms with Crippen molar-refractivity contribution in [2.75, 3.05) is 18.8 Å². The van der Waals surface area contributed by atoms with Crippen LogP contribution in [0.4, 0.5) is 0 Å². The van der Waals surface area contributed by atoms with Gasteiger partial charge in [-0.25, -0.2) is 0 Å². The number of carbonyl (C=O) groups is 1. The molecule has 0 bridgehead atoms. The summed E-state index contributed by atoms with van der Waals surface area (Å²) in [5.74, 6) is 0.575. The maximum Gasteiger partial charge on any atom is 0.237 e. The minimum atomic E-state index is -0.890. The monoisotopic (exact) mass is 246 g/mol. The maximum atomic E-state index is 11.7. The Kier molecular flexibility index (Phi) is 4.92. The molecule has 0 saturated carbocycles. The lowest BCUT2D eigenvalue weighted by molar-refractivity contribution is -0.122. The molecule has 1 rings (SSSR count). The molecule has 1 aliphatic heterocycles. The molecular formula is C11H22N2O2S. The first kappa shape index (κ1) is 13.6. The molecular weight excluding hydrogens is 224 g/mol. The minimum absolute atomic E-state index is 0.0388. The Balaban J connectivity index is 2.20. The Hall–Kier alpha value is -0.420. The van der Waals surface area contributed by atoms with Crippen LogP contribution >= 0.6 is 0 Å². The van der Waals surface area contributed by atoms with E-state index >= 15 is 0 Å². The second-order valence-electron chi connectivity index (χ2n) is 5.10. The Morgan fingerprint density at radius 2 is 2.19 bits per heavy atom. The van der Waals surface area contributed by atoms with Crippen molar-refractivity contribution in [3.05, 3.63) is 0 Å². The molecule has 1 saturated heterocycles. The largest absolute Gasteiger partial charge is 0.354 e. The van der Waals surface area contributed by atoms with Crippen molar-refractivity contribution in [1.82, 2.24) is 10.6 Å². The molecule has 0 aromatic carbocycles. The molecule has 0 aliphatic carbocycles. The normalized spacial score (nSPS) is 23.1. The third kappa shape index (κ3) is 4.22. The molecule has 0 aromatic rings. The molecule has 1 heterocycles. The van der Waals surface area contributed by atoms with Gasteiger partial charge >= 0.3 is 0 Å². The molecule has 94 valence electrons. The first-order chi connectivity index (χ1) is 7.41. The highest BCUT2D eigenvalue weighted by atomic mass is 32.2. The Morgan fingerprint density at radius 3 is 2.69 bits per heavy atom. The predicted octanol–water partition coefficient (Wildman–Crippen LogP) is 0.402. The van der Waals surface area contributed by atoms with Crippen LogP contribution in [-0.4, -0.2) is 39.7 Å². The highest BCUT2D eigenvalue weighted by molar-refractivity contribution is 7.86. The minimum Gasteiger partial charge on any atom is -0.354 e. The first-order valence-corrected chi connectivity index (χ1v) is 7.13. The van der Waals surface area contributed by atoms with Crippen LogP contribution in [0.15, 0.2) is 0 Å². The quantitative estimate of drug-likeness (QED) is 0.755. The fourth-order valence-electron chi connectivity index (χ4n) is 1.60. The summed E-state index contributed by atoms with van der Waals surface area (Å²) >= 11 is 0. The van der Waals surface area contributed by atoms with E-state index in [-0.39, 0.29) is 16.7 Å². The topological polar surface area (TPSA) is 58.2 Å². The van der Waals surface area contributed by atoms with Crippen molar-refractivity contribution in [2.24, 2.45) is 0 Å². The van der Waals surface area contributed by atoms with Gasteiger partial charge in [0.1, 0.15) is 0 Å². The van der Waals surface area contributed by atoms with Crippen molar-refractivity contribution in [3.8, 4) is 0 Å². The lowest BCUT2D eigenvalue weighted by Gasteiger charge is -2.18. The number of hydrogen-bond donors (Lipinski definition) is 2. The van der Waals surface area contributed by atoms with Crippen LogP contribution in [0.2, 0.25) is 0 Å². The van der Waals surface area contributed by atoms with Gasteiger partial charge in [-0.1, -0.05) is 0 Å². The zero-order chi connectivity index (χ0) is 12.2. The van der Waals surface area contributed by atoms with E-state index in [0.717, 1.165) is 19.4 Å². The SMILES string of the molecule is CC(C)(C)S(=O)CCNC(=O)C1CCCN1.